The third-order valence-electron chi connectivity index (χ3n) is 2.47. The summed E-state index contributed by atoms with van der Waals surface area (Å²) >= 11 is 0. The fraction of sp³-hybridized carbons (Fsp3) is 0.462. The van der Waals surface area contributed by atoms with Crippen LogP contribution in [0.25, 0.3) is 0 Å². The first-order chi connectivity index (χ1) is 7.67. The number of carbonyl (C=O) groups is 1. The number of rotatable bonds is 5. The third-order valence-corrected chi connectivity index (χ3v) is 2.47. The molecule has 0 saturated carbocycles. The van der Waals surface area contributed by atoms with Gasteiger partial charge in [0.1, 0.15) is 5.75 Å². The van der Waals surface area contributed by atoms with Gasteiger partial charge in [-0.2, -0.15) is 0 Å². The summed E-state index contributed by atoms with van der Waals surface area (Å²) in [5, 5.41) is 2.95. The monoisotopic (exact) mass is 221 g/mol. The summed E-state index contributed by atoms with van der Waals surface area (Å²) in [4.78, 5) is 11.4. The first-order valence-corrected chi connectivity index (χ1v) is 5.60. The maximum atomic E-state index is 11.4. The minimum Gasteiger partial charge on any atom is -0.497 e. The SMILES string of the molecule is CCCC(=O)N[C@@H](C)c1ccc(OC)cc1. The second kappa shape index (κ2) is 6.16. The molecule has 0 heterocycles. The van der Waals surface area contributed by atoms with E-state index in [-0.39, 0.29) is 11.9 Å². The highest BCUT2D eigenvalue weighted by molar-refractivity contribution is 5.76. The Balaban J connectivity index is 2.58. The second-order valence-corrected chi connectivity index (χ2v) is 3.81. The zero-order valence-corrected chi connectivity index (χ0v) is 10.1. The van der Waals surface area contributed by atoms with E-state index in [9.17, 15) is 4.79 Å². The van der Waals surface area contributed by atoms with Crippen molar-refractivity contribution in [2.24, 2.45) is 0 Å². The second-order valence-electron chi connectivity index (χ2n) is 3.81. The van der Waals surface area contributed by atoms with E-state index in [0.29, 0.717) is 6.42 Å². The number of ether oxygens (including phenoxy) is 1. The van der Waals surface area contributed by atoms with Gasteiger partial charge in [0.25, 0.3) is 0 Å². The molecule has 0 spiro atoms. The number of amides is 1. The predicted molar refractivity (Wildman–Crippen MR) is 64.5 cm³/mol. The standard InChI is InChI=1S/C13H19NO2/c1-4-5-13(15)14-10(2)11-6-8-12(16-3)9-7-11/h6-10H,4-5H2,1-3H3,(H,14,15)/t10-/m0/s1. The summed E-state index contributed by atoms with van der Waals surface area (Å²) in [5.74, 6) is 0.932. The lowest BCUT2D eigenvalue weighted by Crippen LogP contribution is -2.26. The van der Waals surface area contributed by atoms with Crippen molar-refractivity contribution in [1.82, 2.24) is 5.32 Å². The topological polar surface area (TPSA) is 38.3 Å². The van der Waals surface area contributed by atoms with E-state index in [0.717, 1.165) is 17.7 Å². The van der Waals surface area contributed by atoms with Crippen LogP contribution in [0.2, 0.25) is 0 Å². The highest BCUT2D eigenvalue weighted by Crippen LogP contribution is 2.17. The van der Waals surface area contributed by atoms with E-state index >= 15 is 0 Å². The maximum absolute atomic E-state index is 11.4. The van der Waals surface area contributed by atoms with Crippen LogP contribution in [0.5, 0.6) is 5.75 Å². The molecule has 1 amide bonds. The van der Waals surface area contributed by atoms with Crippen LogP contribution in [0.15, 0.2) is 24.3 Å². The van der Waals surface area contributed by atoms with Gasteiger partial charge in [0.2, 0.25) is 5.91 Å². The van der Waals surface area contributed by atoms with Crippen molar-refractivity contribution < 1.29 is 9.53 Å². The molecule has 3 heteroatoms. The Morgan fingerprint density at radius 2 is 2.00 bits per heavy atom. The minimum atomic E-state index is 0.0463. The first kappa shape index (κ1) is 12.6. The summed E-state index contributed by atoms with van der Waals surface area (Å²) in [5.41, 5.74) is 1.09. The largest absolute Gasteiger partial charge is 0.497 e. The Hall–Kier alpha value is -1.51. The van der Waals surface area contributed by atoms with Gasteiger partial charge in [-0.05, 0) is 31.0 Å². The van der Waals surface area contributed by atoms with Crippen LogP contribution in [0.3, 0.4) is 0 Å². The van der Waals surface area contributed by atoms with Crippen molar-refractivity contribution >= 4 is 5.91 Å². The third kappa shape index (κ3) is 3.57. The van der Waals surface area contributed by atoms with Crippen LogP contribution >= 0.6 is 0 Å². The van der Waals surface area contributed by atoms with Crippen molar-refractivity contribution in [1.29, 1.82) is 0 Å². The van der Waals surface area contributed by atoms with Gasteiger partial charge in [-0.1, -0.05) is 19.1 Å². The Morgan fingerprint density at radius 3 is 2.50 bits per heavy atom. The molecule has 0 saturated heterocycles. The van der Waals surface area contributed by atoms with Crippen molar-refractivity contribution in [2.45, 2.75) is 32.7 Å². The van der Waals surface area contributed by atoms with E-state index in [1.807, 2.05) is 38.1 Å². The highest BCUT2D eigenvalue weighted by atomic mass is 16.5. The zero-order chi connectivity index (χ0) is 12.0. The highest BCUT2D eigenvalue weighted by Gasteiger charge is 2.08. The number of hydrogen-bond acceptors (Lipinski definition) is 2. The van der Waals surface area contributed by atoms with E-state index < -0.39 is 0 Å². The van der Waals surface area contributed by atoms with Crippen molar-refractivity contribution in [3.8, 4) is 5.75 Å². The summed E-state index contributed by atoms with van der Waals surface area (Å²) in [6, 6.07) is 7.78. The molecule has 0 radical (unpaired) electrons. The summed E-state index contributed by atoms with van der Waals surface area (Å²) in [6.07, 6.45) is 1.46. The molecule has 0 unspecified atom stereocenters. The fourth-order valence-corrected chi connectivity index (χ4v) is 1.52. The van der Waals surface area contributed by atoms with Gasteiger partial charge < -0.3 is 10.1 Å². The Bertz CT molecular complexity index is 332. The summed E-state index contributed by atoms with van der Waals surface area (Å²) < 4.78 is 5.08. The normalized spacial score (nSPS) is 11.9. The number of carbonyl (C=O) groups excluding carboxylic acids is 1. The predicted octanol–water partition coefficient (Wildman–Crippen LogP) is 2.67. The molecule has 0 aliphatic rings. The van der Waals surface area contributed by atoms with Crippen LogP contribution in [0, 0.1) is 0 Å². The Labute approximate surface area is 96.8 Å². The Kier molecular flexibility index (Phi) is 4.83. The van der Waals surface area contributed by atoms with Crippen LogP contribution < -0.4 is 10.1 Å². The average molecular weight is 221 g/mol. The molecular formula is C13H19NO2. The van der Waals surface area contributed by atoms with Gasteiger partial charge in [-0.25, -0.2) is 0 Å². The van der Waals surface area contributed by atoms with Crippen LogP contribution in [-0.2, 0) is 4.79 Å². The van der Waals surface area contributed by atoms with Crippen molar-refractivity contribution in [3.05, 3.63) is 29.8 Å². The van der Waals surface area contributed by atoms with Gasteiger partial charge in [-0.3, -0.25) is 4.79 Å². The lowest BCUT2D eigenvalue weighted by atomic mass is 10.1. The number of methoxy groups -OCH3 is 1. The van der Waals surface area contributed by atoms with Gasteiger partial charge >= 0.3 is 0 Å². The molecule has 0 bridgehead atoms. The molecule has 3 nitrogen and oxygen atoms in total. The molecule has 16 heavy (non-hydrogen) atoms. The lowest BCUT2D eigenvalue weighted by Gasteiger charge is -2.14. The average Bonchev–Trinajstić information content (AvgIpc) is 2.29. The molecule has 1 aromatic carbocycles. The smallest absolute Gasteiger partial charge is 0.220 e. The molecule has 1 rings (SSSR count). The van der Waals surface area contributed by atoms with Crippen LogP contribution in [0.1, 0.15) is 38.3 Å². The number of hydrogen-bond donors (Lipinski definition) is 1. The van der Waals surface area contributed by atoms with Gasteiger partial charge in [0.15, 0.2) is 0 Å². The molecular weight excluding hydrogens is 202 g/mol. The summed E-state index contributed by atoms with van der Waals surface area (Å²) in [7, 11) is 1.64. The molecule has 88 valence electrons. The Morgan fingerprint density at radius 1 is 1.38 bits per heavy atom. The first-order valence-electron chi connectivity index (χ1n) is 5.60. The summed E-state index contributed by atoms with van der Waals surface area (Å²) in [6.45, 7) is 3.98. The van der Waals surface area contributed by atoms with E-state index in [1.165, 1.54) is 0 Å². The van der Waals surface area contributed by atoms with E-state index in [4.69, 9.17) is 4.74 Å². The lowest BCUT2D eigenvalue weighted by molar-refractivity contribution is -0.121. The van der Waals surface area contributed by atoms with Crippen molar-refractivity contribution in [3.63, 3.8) is 0 Å². The van der Waals surface area contributed by atoms with E-state index in [1.54, 1.807) is 7.11 Å². The number of nitrogens with one attached hydrogen (secondary N) is 1. The molecule has 1 N–H and O–H groups in total. The van der Waals surface area contributed by atoms with E-state index in [2.05, 4.69) is 5.32 Å². The molecule has 1 atom stereocenters. The number of benzene rings is 1. The molecule has 0 aliphatic heterocycles. The van der Waals surface area contributed by atoms with Gasteiger partial charge in [-0.15, -0.1) is 0 Å². The van der Waals surface area contributed by atoms with Gasteiger partial charge in [0, 0.05) is 6.42 Å². The fourth-order valence-electron chi connectivity index (χ4n) is 1.52. The molecule has 0 aromatic heterocycles. The molecule has 0 aliphatic carbocycles. The molecule has 0 fully saturated rings. The quantitative estimate of drug-likeness (QED) is 0.830. The molecule has 1 aromatic rings. The van der Waals surface area contributed by atoms with Crippen LogP contribution in [0.4, 0.5) is 0 Å². The van der Waals surface area contributed by atoms with Gasteiger partial charge in [0.05, 0.1) is 13.2 Å². The zero-order valence-electron chi connectivity index (χ0n) is 10.1. The maximum Gasteiger partial charge on any atom is 0.220 e. The minimum absolute atomic E-state index is 0.0463. The van der Waals surface area contributed by atoms with Crippen LogP contribution in [-0.4, -0.2) is 13.0 Å². The van der Waals surface area contributed by atoms with Crippen molar-refractivity contribution in [2.75, 3.05) is 7.11 Å².